The molecular formula is C29H41LaPr-4. The second kappa shape index (κ2) is 48.0. The van der Waals surface area contributed by atoms with Crippen LogP contribution in [0.3, 0.4) is 0 Å². The minimum Gasteiger partial charge on any atom is -0.335 e. The summed E-state index contributed by atoms with van der Waals surface area (Å²) in [5.41, 5.74) is 0. The van der Waals surface area contributed by atoms with Gasteiger partial charge in [0.05, 0.1) is 0 Å². The summed E-state index contributed by atoms with van der Waals surface area (Å²) >= 11 is 0. The molecule has 0 atom stereocenters. The van der Waals surface area contributed by atoms with Gasteiger partial charge in [0.15, 0.2) is 0 Å². The summed E-state index contributed by atoms with van der Waals surface area (Å²) in [7, 11) is 0. The molecule has 4 rings (SSSR count). The molecule has 0 aromatic carbocycles. The monoisotopic (exact) mass is 669 g/mol. The molecule has 0 nitrogen and oxygen atoms in total. The van der Waals surface area contributed by atoms with Crippen LogP contribution in [0.15, 0.2) is 72.9 Å². The normalized spacial score (nSPS) is 13.1. The third kappa shape index (κ3) is 58.9. The van der Waals surface area contributed by atoms with E-state index in [2.05, 4.69) is 48.6 Å². The Morgan fingerprint density at radius 3 is 0.645 bits per heavy atom. The molecule has 0 N–H and O–H groups in total. The van der Waals surface area contributed by atoms with Crippen LogP contribution in [0.25, 0.3) is 0 Å². The first-order chi connectivity index (χ1) is 14.2. The molecule has 0 saturated carbocycles. The fraction of sp³-hybridized carbons (Fsp3) is 0.345. The maximum absolute atomic E-state index is 2.99. The molecule has 0 aromatic heterocycles. The summed E-state index contributed by atoms with van der Waals surface area (Å²) in [6.45, 7) is 12.0. The molecule has 0 saturated heterocycles. The van der Waals surface area contributed by atoms with Crippen LogP contribution in [0.5, 0.6) is 0 Å². The van der Waals surface area contributed by atoms with E-state index in [9.17, 15) is 0 Å². The van der Waals surface area contributed by atoms with Crippen molar-refractivity contribution >= 4 is 0 Å². The van der Waals surface area contributed by atoms with Crippen molar-refractivity contribution in [3.63, 3.8) is 0 Å². The van der Waals surface area contributed by atoms with Crippen molar-refractivity contribution in [3.05, 3.63) is 116 Å². The molecule has 0 fully saturated rings. The molecule has 4 aliphatic rings. The van der Waals surface area contributed by atoms with Gasteiger partial charge in [-0.1, -0.05) is 0 Å². The van der Waals surface area contributed by atoms with E-state index in [4.69, 9.17) is 0 Å². The van der Waals surface area contributed by atoms with E-state index in [0.29, 0.717) is 0 Å². The Morgan fingerprint density at radius 1 is 0.452 bits per heavy atom. The molecule has 0 bridgehead atoms. The van der Waals surface area contributed by atoms with Gasteiger partial charge in [-0.15, -0.1) is 25.7 Å². The van der Waals surface area contributed by atoms with Crippen LogP contribution >= 0.6 is 0 Å². The van der Waals surface area contributed by atoms with Crippen LogP contribution in [-0.4, -0.2) is 0 Å². The second-order valence-electron chi connectivity index (χ2n) is 5.74. The van der Waals surface area contributed by atoms with Gasteiger partial charge in [0.2, 0.25) is 0 Å². The molecule has 0 heterocycles. The second-order valence-corrected chi connectivity index (χ2v) is 5.74. The smallest absolute Gasteiger partial charge is 0.335 e. The summed E-state index contributed by atoms with van der Waals surface area (Å²) in [6, 6.07) is 0. The fourth-order valence-corrected chi connectivity index (χ4v) is 1.36. The first-order valence-corrected chi connectivity index (χ1v) is 10.3. The Hall–Kier alpha value is 0.478. The number of rotatable bonds is 0. The Balaban J connectivity index is -0.0000000852. The molecule has 2 heteroatoms. The topological polar surface area (TPSA) is 0 Å². The molecule has 0 unspecified atom stereocenters. The van der Waals surface area contributed by atoms with Gasteiger partial charge < -0.3 is 19.3 Å². The summed E-state index contributed by atoms with van der Waals surface area (Å²) in [5.74, 6) is 0. The summed E-state index contributed by atoms with van der Waals surface area (Å²) in [5, 5.41) is 0. The van der Waals surface area contributed by atoms with Gasteiger partial charge in [-0.25, -0.2) is 48.6 Å². The molecule has 0 amide bonds. The number of hydrogen-bond donors (Lipinski definition) is 0. The third-order valence-corrected chi connectivity index (χ3v) is 2.34. The molecule has 31 heavy (non-hydrogen) atoms. The maximum Gasteiger partial charge on any atom is 3.00 e. The standard InChI is InChI=1S/4C5H5.3C3H7.La.Pr/c4*1-2-4-5-3-1;3*1-3-2;;/h4*1-3H,4H2;3*3H,1-2H3;;/q7*-1;;+3. The maximum atomic E-state index is 2.99. The van der Waals surface area contributed by atoms with Crippen molar-refractivity contribution < 1.29 is 76.9 Å². The van der Waals surface area contributed by atoms with Crippen LogP contribution in [0.4, 0.5) is 0 Å². The zero-order chi connectivity index (χ0) is 22.3. The molecule has 0 aliphatic heterocycles. The van der Waals surface area contributed by atoms with Crippen molar-refractivity contribution in [2.45, 2.75) is 67.2 Å². The van der Waals surface area contributed by atoms with Gasteiger partial charge >= 0.3 is 41.3 Å². The van der Waals surface area contributed by atoms with Crippen molar-refractivity contribution in [2.24, 2.45) is 0 Å². The van der Waals surface area contributed by atoms with Gasteiger partial charge in [-0.05, 0) is 0 Å². The van der Waals surface area contributed by atoms with Gasteiger partial charge in [-0.3, -0.25) is 24.3 Å². The fourth-order valence-electron chi connectivity index (χ4n) is 1.36. The van der Waals surface area contributed by atoms with Crippen molar-refractivity contribution in [1.29, 1.82) is 0 Å². The first-order valence-electron chi connectivity index (χ1n) is 10.3. The van der Waals surface area contributed by atoms with E-state index in [0.717, 1.165) is 25.7 Å². The van der Waals surface area contributed by atoms with Gasteiger partial charge in [0.1, 0.15) is 0 Å². The minimum atomic E-state index is 0. The van der Waals surface area contributed by atoms with E-state index in [-0.39, 0.29) is 76.9 Å². The molecular weight excluding hydrogens is 628 g/mol. The SMILES string of the molecule is C[CH-]C.C[CH-]C.C[CH-]C.[C-]1=CC=CC1.[C-]1=CC=CC1.[C-]1=CC=CC1.[C-]1=CC=CC1.[La].[Pr+3]. The van der Waals surface area contributed by atoms with E-state index < -0.39 is 0 Å². The van der Waals surface area contributed by atoms with Crippen molar-refractivity contribution in [2.75, 3.05) is 0 Å². The predicted octanol–water partition coefficient (Wildman–Crippen LogP) is 8.91. The van der Waals surface area contributed by atoms with Crippen molar-refractivity contribution in [1.82, 2.24) is 0 Å². The van der Waals surface area contributed by atoms with Crippen LogP contribution < -0.4 is 0 Å². The van der Waals surface area contributed by atoms with Crippen LogP contribution in [0.2, 0.25) is 0 Å². The number of allylic oxidation sites excluding steroid dienone is 16. The van der Waals surface area contributed by atoms with Gasteiger partial charge in [0, 0.05) is 35.6 Å². The molecule has 1 radical (unpaired) electrons. The zero-order valence-electron chi connectivity index (χ0n) is 20.6. The Kier molecular flexibility index (Phi) is 64.6. The average Bonchev–Trinajstić information content (AvgIpc) is 3.56. The summed E-state index contributed by atoms with van der Waals surface area (Å²) in [6.07, 6.45) is 46.0. The third-order valence-electron chi connectivity index (χ3n) is 2.34. The Bertz CT molecular complexity index is 370. The van der Waals surface area contributed by atoms with Crippen LogP contribution in [-0.2, 0) is 0 Å². The van der Waals surface area contributed by atoms with Gasteiger partial charge in [0.25, 0.3) is 0 Å². The molecule has 0 spiro atoms. The Morgan fingerprint density at radius 2 is 0.613 bits per heavy atom. The minimum absolute atomic E-state index is 0. The number of hydrogen-bond acceptors (Lipinski definition) is 0. The first kappa shape index (κ1) is 41.7. The molecule has 167 valence electrons. The Labute approximate surface area is 257 Å². The van der Waals surface area contributed by atoms with Crippen LogP contribution in [0, 0.1) is 120 Å². The largest absolute Gasteiger partial charge is 3.00 e. The van der Waals surface area contributed by atoms with Gasteiger partial charge in [-0.2, -0.15) is 65.8 Å². The average molecular weight is 669 g/mol. The summed E-state index contributed by atoms with van der Waals surface area (Å²) in [4.78, 5) is 0. The quantitative estimate of drug-likeness (QED) is 0.226. The van der Waals surface area contributed by atoms with E-state index in [1.165, 1.54) is 0 Å². The molecule has 0 aromatic rings. The predicted molar refractivity (Wildman–Crippen MR) is 133 cm³/mol. The van der Waals surface area contributed by atoms with E-state index >= 15 is 0 Å². The van der Waals surface area contributed by atoms with E-state index in [1.807, 2.05) is 109 Å². The van der Waals surface area contributed by atoms with Crippen LogP contribution in [0.1, 0.15) is 67.2 Å². The van der Waals surface area contributed by atoms with Crippen molar-refractivity contribution in [3.8, 4) is 0 Å². The zero-order valence-corrected chi connectivity index (χ0v) is 28.0. The van der Waals surface area contributed by atoms with E-state index in [1.54, 1.807) is 0 Å². The summed E-state index contributed by atoms with van der Waals surface area (Å²) < 4.78 is 0. The molecule has 4 aliphatic carbocycles.